The van der Waals surface area contributed by atoms with Gasteiger partial charge in [-0.1, -0.05) is 182 Å². The van der Waals surface area contributed by atoms with Gasteiger partial charge in [-0.3, -0.25) is 0 Å². The van der Waals surface area contributed by atoms with Crippen molar-refractivity contribution in [1.29, 1.82) is 0 Å². The van der Waals surface area contributed by atoms with Crippen molar-refractivity contribution in [3.8, 4) is 50.2 Å². The van der Waals surface area contributed by atoms with Gasteiger partial charge in [0.15, 0.2) is 0 Å². The molecule has 0 spiro atoms. The van der Waals surface area contributed by atoms with Crippen LogP contribution < -0.4 is 4.90 Å². The summed E-state index contributed by atoms with van der Waals surface area (Å²) in [5.41, 5.74) is 16.2. The molecule has 264 valence electrons. The monoisotopic (exact) mass is 714 g/mol. The van der Waals surface area contributed by atoms with Crippen molar-refractivity contribution < 1.29 is 0 Å². The number of nitrogens with zero attached hydrogens (tertiary/aromatic N) is 2. The third-order valence-corrected chi connectivity index (χ3v) is 10.8. The molecule has 0 fully saturated rings. The summed E-state index contributed by atoms with van der Waals surface area (Å²) in [4.78, 5) is 2.44. The molecule has 0 aliphatic heterocycles. The Balaban J connectivity index is 1.25. The molecule has 0 radical (unpaired) electrons. The van der Waals surface area contributed by atoms with Crippen LogP contribution >= 0.6 is 0 Å². The van der Waals surface area contributed by atoms with E-state index in [0.29, 0.717) is 0 Å². The molecule has 2 heteroatoms. The maximum atomic E-state index is 2.44. The fourth-order valence-corrected chi connectivity index (χ4v) is 8.27. The first-order valence-electron chi connectivity index (χ1n) is 19.2. The molecular weight excluding hydrogens is 677 g/mol. The van der Waals surface area contributed by atoms with Crippen LogP contribution in [0.3, 0.4) is 0 Å². The maximum absolute atomic E-state index is 2.44. The first-order chi connectivity index (χ1) is 27.8. The van der Waals surface area contributed by atoms with Gasteiger partial charge in [-0.05, 0) is 87.5 Å². The molecule has 0 amide bonds. The molecule has 0 unspecified atom stereocenters. The number of fused-ring (bicyclic) bond motifs is 3. The quantitative estimate of drug-likeness (QED) is 0.152. The number of rotatable bonds is 8. The van der Waals surface area contributed by atoms with Crippen LogP contribution in [0.2, 0.25) is 0 Å². The molecule has 2 nitrogen and oxygen atoms in total. The van der Waals surface area contributed by atoms with E-state index in [1.165, 1.54) is 66.3 Å². The van der Waals surface area contributed by atoms with Gasteiger partial charge in [-0.2, -0.15) is 0 Å². The summed E-state index contributed by atoms with van der Waals surface area (Å²) < 4.78 is 2.40. The molecule has 0 aliphatic carbocycles. The molecule has 0 atom stereocenters. The number of aromatic nitrogens is 1. The van der Waals surface area contributed by atoms with E-state index in [0.717, 1.165) is 22.7 Å². The summed E-state index contributed by atoms with van der Waals surface area (Å²) in [6.07, 6.45) is 0. The Kier molecular flexibility index (Phi) is 8.55. The van der Waals surface area contributed by atoms with Gasteiger partial charge < -0.3 is 9.47 Å². The highest BCUT2D eigenvalue weighted by Gasteiger charge is 2.23. The SMILES string of the molecule is c1ccc(-c2ccc(N(c3cccc(-n4c5ccccc5c5ccccc54)c3)c3cccc(-c4ccccc4)c3-c3ccccc3-c3ccccc3)cc2)cc1. The van der Waals surface area contributed by atoms with Gasteiger partial charge in [0.05, 0.1) is 16.7 Å². The average Bonchev–Trinajstić information content (AvgIpc) is 3.62. The van der Waals surface area contributed by atoms with Gasteiger partial charge in [-0.25, -0.2) is 0 Å². The lowest BCUT2D eigenvalue weighted by molar-refractivity contribution is 1.17. The Labute approximate surface area is 327 Å². The Bertz CT molecular complexity index is 2890. The summed E-state index contributed by atoms with van der Waals surface area (Å²) in [6, 6.07) is 83.1. The van der Waals surface area contributed by atoms with Crippen molar-refractivity contribution >= 4 is 38.9 Å². The van der Waals surface area contributed by atoms with Crippen LogP contribution in [-0.2, 0) is 0 Å². The third kappa shape index (κ3) is 5.95. The minimum Gasteiger partial charge on any atom is -0.310 e. The number of benzene rings is 9. The molecule has 56 heavy (non-hydrogen) atoms. The lowest BCUT2D eigenvalue weighted by atomic mass is 9.87. The number of para-hydroxylation sites is 2. The van der Waals surface area contributed by atoms with E-state index in [-0.39, 0.29) is 0 Å². The minimum atomic E-state index is 1.07. The van der Waals surface area contributed by atoms with E-state index in [1.54, 1.807) is 0 Å². The highest BCUT2D eigenvalue weighted by atomic mass is 15.1. The molecule has 0 bridgehead atoms. The van der Waals surface area contributed by atoms with Gasteiger partial charge in [0.25, 0.3) is 0 Å². The lowest BCUT2D eigenvalue weighted by Crippen LogP contribution is -2.12. The standard InChI is InChI=1S/C54H38N2/c1-4-18-39(19-5-1)40-34-36-43(37-35-40)55(44-24-16-25-45(38-44)56-51-31-14-12-27-48(51)49-28-13-15-32-52(49)56)53-33-17-30-47(42-22-8-3-9-23-42)54(53)50-29-11-10-26-46(50)41-20-6-2-7-21-41/h1-38H. The second-order valence-corrected chi connectivity index (χ2v) is 14.1. The summed E-state index contributed by atoms with van der Waals surface area (Å²) >= 11 is 0. The number of hydrogen-bond donors (Lipinski definition) is 0. The van der Waals surface area contributed by atoms with E-state index in [1.807, 2.05) is 0 Å². The summed E-state index contributed by atoms with van der Waals surface area (Å²) in [7, 11) is 0. The Morgan fingerprint density at radius 3 is 1.43 bits per heavy atom. The van der Waals surface area contributed by atoms with Gasteiger partial charge in [0, 0.05) is 33.4 Å². The van der Waals surface area contributed by atoms with Gasteiger partial charge in [0.2, 0.25) is 0 Å². The first kappa shape index (κ1) is 33.2. The molecule has 10 rings (SSSR count). The predicted molar refractivity (Wildman–Crippen MR) is 237 cm³/mol. The van der Waals surface area contributed by atoms with Crippen LogP contribution in [0.25, 0.3) is 72.0 Å². The zero-order valence-electron chi connectivity index (χ0n) is 30.8. The molecule has 10 aromatic rings. The number of anilines is 3. The van der Waals surface area contributed by atoms with Crippen molar-refractivity contribution in [1.82, 2.24) is 4.57 Å². The number of hydrogen-bond acceptors (Lipinski definition) is 1. The van der Waals surface area contributed by atoms with Gasteiger partial charge >= 0.3 is 0 Å². The van der Waals surface area contributed by atoms with Crippen LogP contribution in [-0.4, -0.2) is 4.57 Å². The molecule has 0 aliphatic rings. The Morgan fingerprint density at radius 2 is 0.786 bits per heavy atom. The molecule has 1 heterocycles. The maximum Gasteiger partial charge on any atom is 0.0546 e. The molecule has 1 aromatic heterocycles. The smallest absolute Gasteiger partial charge is 0.0546 e. The molecule has 0 saturated heterocycles. The average molecular weight is 715 g/mol. The van der Waals surface area contributed by atoms with Crippen LogP contribution in [0.4, 0.5) is 17.1 Å². The van der Waals surface area contributed by atoms with E-state index in [2.05, 4.69) is 240 Å². The Morgan fingerprint density at radius 1 is 0.304 bits per heavy atom. The van der Waals surface area contributed by atoms with Crippen molar-refractivity contribution in [3.05, 3.63) is 231 Å². The van der Waals surface area contributed by atoms with Gasteiger partial charge in [0.1, 0.15) is 0 Å². The zero-order chi connectivity index (χ0) is 37.3. The van der Waals surface area contributed by atoms with E-state index >= 15 is 0 Å². The summed E-state index contributed by atoms with van der Waals surface area (Å²) in [6.45, 7) is 0. The molecular formula is C54H38N2. The molecule has 9 aromatic carbocycles. The fraction of sp³-hybridized carbons (Fsp3) is 0. The largest absolute Gasteiger partial charge is 0.310 e. The van der Waals surface area contributed by atoms with Gasteiger partial charge in [-0.15, -0.1) is 0 Å². The fourth-order valence-electron chi connectivity index (χ4n) is 8.27. The zero-order valence-corrected chi connectivity index (χ0v) is 30.8. The Hall–Kier alpha value is -7.42. The lowest BCUT2D eigenvalue weighted by Gasteiger charge is -2.30. The first-order valence-corrected chi connectivity index (χ1v) is 19.2. The minimum absolute atomic E-state index is 1.07. The highest BCUT2D eigenvalue weighted by Crippen LogP contribution is 2.48. The van der Waals surface area contributed by atoms with Crippen LogP contribution in [0.5, 0.6) is 0 Å². The molecule has 0 N–H and O–H groups in total. The van der Waals surface area contributed by atoms with Crippen LogP contribution in [0, 0.1) is 0 Å². The van der Waals surface area contributed by atoms with E-state index in [9.17, 15) is 0 Å². The van der Waals surface area contributed by atoms with Crippen molar-refractivity contribution in [2.45, 2.75) is 0 Å². The normalized spacial score (nSPS) is 11.2. The van der Waals surface area contributed by atoms with Crippen LogP contribution in [0.1, 0.15) is 0 Å². The van der Waals surface area contributed by atoms with E-state index < -0.39 is 0 Å². The van der Waals surface area contributed by atoms with Crippen molar-refractivity contribution in [2.75, 3.05) is 4.90 Å². The third-order valence-electron chi connectivity index (χ3n) is 10.8. The molecule has 0 saturated carbocycles. The van der Waals surface area contributed by atoms with E-state index in [4.69, 9.17) is 0 Å². The summed E-state index contributed by atoms with van der Waals surface area (Å²) in [5, 5.41) is 2.49. The van der Waals surface area contributed by atoms with Crippen molar-refractivity contribution in [3.63, 3.8) is 0 Å². The highest BCUT2D eigenvalue weighted by molar-refractivity contribution is 6.09. The topological polar surface area (TPSA) is 8.17 Å². The van der Waals surface area contributed by atoms with Crippen LogP contribution in [0.15, 0.2) is 231 Å². The second-order valence-electron chi connectivity index (χ2n) is 14.1. The summed E-state index contributed by atoms with van der Waals surface area (Å²) in [5.74, 6) is 0. The predicted octanol–water partition coefficient (Wildman–Crippen LogP) is 14.9. The second kappa shape index (κ2) is 14.4. The van der Waals surface area contributed by atoms with Crippen molar-refractivity contribution in [2.24, 2.45) is 0 Å².